The number of esters is 2. The third-order valence-corrected chi connectivity index (χ3v) is 6.86. The zero-order chi connectivity index (χ0) is 33.6. The van der Waals surface area contributed by atoms with E-state index in [9.17, 15) is 14.7 Å². The van der Waals surface area contributed by atoms with E-state index in [1.165, 1.54) is 25.7 Å². The smallest absolute Gasteiger partial charge is 0.306 e. The second kappa shape index (κ2) is 36.3. The normalized spacial score (nSPS) is 13.4. The number of ether oxygens (including phenoxy) is 2. The van der Waals surface area contributed by atoms with Crippen LogP contribution in [0.25, 0.3) is 0 Å². The van der Waals surface area contributed by atoms with Gasteiger partial charge in [0.05, 0.1) is 6.61 Å². The Bertz CT molecular complexity index is 948. The van der Waals surface area contributed by atoms with Crippen LogP contribution in [0.4, 0.5) is 0 Å². The highest BCUT2D eigenvalue weighted by atomic mass is 16.6. The molecule has 0 aliphatic rings. The molecule has 5 heteroatoms. The Hall–Kier alpha value is -3.18. The van der Waals surface area contributed by atoms with Crippen molar-refractivity contribution in [1.29, 1.82) is 0 Å². The minimum atomic E-state index is -0.820. The van der Waals surface area contributed by atoms with Gasteiger partial charge in [0.1, 0.15) is 6.61 Å². The maximum absolute atomic E-state index is 12.1. The highest BCUT2D eigenvalue weighted by Crippen LogP contribution is 2.07. The first-order valence-electron chi connectivity index (χ1n) is 17.8. The summed E-state index contributed by atoms with van der Waals surface area (Å²) >= 11 is 0. The Morgan fingerprint density at radius 1 is 0.522 bits per heavy atom. The Balaban J connectivity index is 3.80. The summed E-state index contributed by atoms with van der Waals surface area (Å²) in [5.74, 6) is -0.718. The molecule has 1 atom stereocenters. The van der Waals surface area contributed by atoms with Gasteiger partial charge < -0.3 is 14.6 Å². The number of allylic oxidation sites excluding steroid dienone is 16. The van der Waals surface area contributed by atoms with Crippen molar-refractivity contribution >= 4 is 11.9 Å². The molecule has 0 spiro atoms. The third kappa shape index (κ3) is 33.7. The molecule has 0 fully saturated rings. The summed E-state index contributed by atoms with van der Waals surface area (Å²) in [6.45, 7) is 3.88. The number of rotatable bonds is 30. The van der Waals surface area contributed by atoms with Crippen molar-refractivity contribution in [3.63, 3.8) is 0 Å². The molecular formula is C41H64O5. The topological polar surface area (TPSA) is 72.8 Å². The van der Waals surface area contributed by atoms with Gasteiger partial charge in [-0.15, -0.1) is 0 Å². The van der Waals surface area contributed by atoms with Crippen molar-refractivity contribution < 1.29 is 24.2 Å². The number of aliphatic hydroxyl groups excluding tert-OH is 1. The summed E-state index contributed by atoms with van der Waals surface area (Å²) in [5.41, 5.74) is 0. The summed E-state index contributed by atoms with van der Waals surface area (Å²) < 4.78 is 10.5. The standard InChI is InChI=1S/C41H64O5/c1-3-5-7-9-11-13-15-17-19-20-22-23-25-27-29-31-33-35-40(43)45-38-39(37-42)46-41(44)36-34-32-30-28-26-24-21-18-16-14-12-10-8-6-4-2/h6,8,11-14,17-19,21-23,26-29,39,42H,3-5,7,9-10,15-16,20,24-25,30-38H2,1-2H3/b8-6-,13-11-,14-12-,19-17-,21-18-,23-22-,28-26-,29-27-/t39-/m0/s1. The maximum Gasteiger partial charge on any atom is 0.306 e. The summed E-state index contributed by atoms with van der Waals surface area (Å²) in [7, 11) is 0. The summed E-state index contributed by atoms with van der Waals surface area (Å²) in [6, 6.07) is 0. The quantitative estimate of drug-likeness (QED) is 0.0482. The van der Waals surface area contributed by atoms with Crippen LogP contribution >= 0.6 is 0 Å². The fourth-order valence-corrected chi connectivity index (χ4v) is 4.18. The van der Waals surface area contributed by atoms with Crippen LogP contribution in [0, 0.1) is 0 Å². The van der Waals surface area contributed by atoms with Gasteiger partial charge in [-0.05, 0) is 89.9 Å². The van der Waals surface area contributed by atoms with E-state index in [1.807, 2.05) is 0 Å². The Kier molecular flexibility index (Phi) is 33.8. The van der Waals surface area contributed by atoms with Crippen molar-refractivity contribution in [2.45, 2.75) is 136 Å². The Morgan fingerprint density at radius 3 is 1.39 bits per heavy atom. The first-order chi connectivity index (χ1) is 22.6. The Labute approximate surface area is 281 Å². The molecule has 0 radical (unpaired) electrons. The van der Waals surface area contributed by atoms with Gasteiger partial charge in [-0.3, -0.25) is 9.59 Å². The molecule has 258 valence electrons. The second-order valence-electron chi connectivity index (χ2n) is 11.2. The van der Waals surface area contributed by atoms with Gasteiger partial charge in [0.2, 0.25) is 0 Å². The first kappa shape index (κ1) is 42.8. The minimum absolute atomic E-state index is 0.118. The SMILES string of the molecule is CC/C=C\C/C=C\C/C=C\C/C=C\CCCCC(=O)O[C@@H](CO)COC(=O)CCC/C=C\C/C=C\C/C=C\C/C=C\CCCCC. The zero-order valence-corrected chi connectivity index (χ0v) is 29.0. The molecule has 0 bridgehead atoms. The van der Waals surface area contributed by atoms with Gasteiger partial charge in [-0.2, -0.15) is 0 Å². The molecule has 0 aromatic heterocycles. The van der Waals surface area contributed by atoms with E-state index >= 15 is 0 Å². The molecule has 0 aromatic rings. The van der Waals surface area contributed by atoms with Gasteiger partial charge in [0.25, 0.3) is 0 Å². The van der Waals surface area contributed by atoms with Crippen LogP contribution in [0.3, 0.4) is 0 Å². The van der Waals surface area contributed by atoms with Crippen molar-refractivity contribution in [1.82, 2.24) is 0 Å². The summed E-state index contributed by atoms with van der Waals surface area (Å²) in [4.78, 5) is 24.1. The largest absolute Gasteiger partial charge is 0.462 e. The average Bonchev–Trinajstić information content (AvgIpc) is 3.06. The third-order valence-electron chi connectivity index (χ3n) is 6.86. The van der Waals surface area contributed by atoms with E-state index in [1.54, 1.807) is 0 Å². The number of carbonyl (C=O) groups excluding carboxylic acids is 2. The lowest BCUT2D eigenvalue weighted by atomic mass is 10.2. The number of aliphatic hydroxyl groups is 1. The summed E-state index contributed by atoms with van der Waals surface area (Å²) in [6.07, 6.45) is 50.4. The van der Waals surface area contributed by atoms with Crippen molar-refractivity contribution in [2.75, 3.05) is 13.2 Å². The predicted octanol–water partition coefficient (Wildman–Crippen LogP) is 10.9. The van der Waals surface area contributed by atoms with Crippen LogP contribution in [0.2, 0.25) is 0 Å². The number of carbonyl (C=O) groups is 2. The molecule has 0 aromatic carbocycles. The van der Waals surface area contributed by atoms with Crippen molar-refractivity contribution in [2.24, 2.45) is 0 Å². The zero-order valence-electron chi connectivity index (χ0n) is 29.0. The van der Waals surface area contributed by atoms with E-state index in [2.05, 4.69) is 111 Å². The maximum atomic E-state index is 12.1. The molecule has 1 N–H and O–H groups in total. The highest BCUT2D eigenvalue weighted by Gasteiger charge is 2.15. The van der Waals surface area contributed by atoms with E-state index in [4.69, 9.17) is 9.47 Å². The van der Waals surface area contributed by atoms with E-state index in [0.29, 0.717) is 19.3 Å². The van der Waals surface area contributed by atoms with Gasteiger partial charge in [-0.1, -0.05) is 124 Å². The molecule has 0 saturated carbocycles. The van der Waals surface area contributed by atoms with E-state index in [-0.39, 0.29) is 31.6 Å². The molecule has 0 saturated heterocycles. The average molecular weight is 637 g/mol. The van der Waals surface area contributed by atoms with Crippen LogP contribution < -0.4 is 0 Å². The molecule has 0 amide bonds. The molecule has 0 aliphatic heterocycles. The van der Waals surface area contributed by atoms with E-state index < -0.39 is 6.10 Å². The molecule has 46 heavy (non-hydrogen) atoms. The van der Waals surface area contributed by atoms with Gasteiger partial charge in [0.15, 0.2) is 6.10 Å². The number of hydrogen-bond donors (Lipinski definition) is 1. The fourth-order valence-electron chi connectivity index (χ4n) is 4.18. The minimum Gasteiger partial charge on any atom is -0.462 e. The lowest BCUT2D eigenvalue weighted by Gasteiger charge is -2.15. The Morgan fingerprint density at radius 2 is 0.935 bits per heavy atom. The summed E-state index contributed by atoms with van der Waals surface area (Å²) in [5, 5.41) is 9.51. The van der Waals surface area contributed by atoms with E-state index in [0.717, 1.165) is 64.2 Å². The highest BCUT2D eigenvalue weighted by molar-refractivity contribution is 5.70. The lowest BCUT2D eigenvalue weighted by molar-refractivity contribution is -0.161. The molecule has 5 nitrogen and oxygen atoms in total. The molecular weight excluding hydrogens is 572 g/mol. The van der Waals surface area contributed by atoms with Crippen LogP contribution in [0.1, 0.15) is 129 Å². The van der Waals surface area contributed by atoms with Gasteiger partial charge in [0, 0.05) is 12.8 Å². The fraction of sp³-hybridized carbons (Fsp3) is 0.561. The van der Waals surface area contributed by atoms with Gasteiger partial charge in [-0.25, -0.2) is 0 Å². The molecule has 0 aliphatic carbocycles. The first-order valence-corrected chi connectivity index (χ1v) is 17.8. The molecule has 0 heterocycles. The van der Waals surface area contributed by atoms with Crippen molar-refractivity contribution in [3.8, 4) is 0 Å². The van der Waals surface area contributed by atoms with Crippen LogP contribution in [-0.4, -0.2) is 36.4 Å². The van der Waals surface area contributed by atoms with Crippen LogP contribution in [-0.2, 0) is 19.1 Å². The van der Waals surface area contributed by atoms with Crippen LogP contribution in [0.5, 0.6) is 0 Å². The predicted molar refractivity (Wildman–Crippen MR) is 195 cm³/mol. The van der Waals surface area contributed by atoms with Crippen LogP contribution in [0.15, 0.2) is 97.2 Å². The van der Waals surface area contributed by atoms with Crippen molar-refractivity contribution in [3.05, 3.63) is 97.2 Å². The van der Waals surface area contributed by atoms with Gasteiger partial charge >= 0.3 is 11.9 Å². The monoisotopic (exact) mass is 636 g/mol. The number of hydrogen-bond acceptors (Lipinski definition) is 5. The lowest BCUT2D eigenvalue weighted by Crippen LogP contribution is -2.28. The molecule has 0 rings (SSSR count). The number of unbranched alkanes of at least 4 members (excludes halogenated alkanes) is 6. The second-order valence-corrected chi connectivity index (χ2v) is 11.2. The molecule has 0 unspecified atom stereocenters.